The van der Waals surface area contributed by atoms with E-state index in [2.05, 4.69) is 15.9 Å². The van der Waals surface area contributed by atoms with Crippen LogP contribution in [0.2, 0.25) is 0 Å². The Hall–Kier alpha value is -1.73. The minimum absolute atomic E-state index is 0.0500. The zero-order valence-corrected chi connectivity index (χ0v) is 14.8. The lowest BCUT2D eigenvalue weighted by atomic mass is 10.2. The number of carbonyl (C=O) groups excluding carboxylic acids is 2. The van der Waals surface area contributed by atoms with Crippen LogP contribution in [0, 0.1) is 0 Å². The average molecular weight is 349 g/mol. The summed E-state index contributed by atoms with van der Waals surface area (Å²) in [6.45, 7) is 5.33. The first-order valence-electron chi connectivity index (χ1n) is 8.26. The van der Waals surface area contributed by atoms with E-state index in [-0.39, 0.29) is 11.1 Å². The minimum atomic E-state index is -0.0963. The fourth-order valence-corrected chi connectivity index (χ4v) is 3.90. The fraction of sp³-hybridized carbons (Fsp3) is 0.529. The molecular weight excluding hydrogens is 326 g/mol. The summed E-state index contributed by atoms with van der Waals surface area (Å²) >= 11 is 1.11. The molecule has 0 spiro atoms. The van der Waals surface area contributed by atoms with Gasteiger partial charge in [0, 0.05) is 32.7 Å². The lowest BCUT2D eigenvalue weighted by Crippen LogP contribution is -2.47. The largest absolute Gasteiger partial charge is 0.495 e. The first-order valence-corrected chi connectivity index (χ1v) is 9.25. The molecule has 1 aromatic rings. The molecule has 0 saturated carbocycles. The Balaban J connectivity index is 1.44. The van der Waals surface area contributed by atoms with E-state index in [0.717, 1.165) is 62.3 Å². The van der Waals surface area contributed by atoms with Crippen molar-refractivity contribution >= 4 is 28.6 Å². The van der Waals surface area contributed by atoms with Crippen LogP contribution in [0.25, 0.3) is 0 Å². The molecule has 1 aromatic carbocycles. The molecule has 0 aliphatic carbocycles. The molecule has 2 amide bonds. The molecule has 0 unspecified atom stereocenters. The smallest absolute Gasteiger partial charge is 0.288 e. The molecule has 0 atom stereocenters. The van der Waals surface area contributed by atoms with E-state index in [1.807, 2.05) is 18.2 Å². The number of thioether (sulfide) groups is 1. The van der Waals surface area contributed by atoms with Gasteiger partial charge in [0.1, 0.15) is 5.75 Å². The highest BCUT2D eigenvalue weighted by molar-refractivity contribution is 8.14. The van der Waals surface area contributed by atoms with E-state index in [1.165, 1.54) is 4.90 Å². The van der Waals surface area contributed by atoms with Gasteiger partial charge in [0.25, 0.3) is 5.24 Å². The molecule has 0 radical (unpaired) electrons. The monoisotopic (exact) mass is 349 g/mol. The van der Waals surface area contributed by atoms with E-state index < -0.39 is 0 Å². The molecule has 2 fully saturated rings. The van der Waals surface area contributed by atoms with Crippen molar-refractivity contribution in [1.29, 1.82) is 0 Å². The number of ether oxygens (including phenoxy) is 1. The number of anilines is 1. The number of hydrogen-bond acceptors (Lipinski definition) is 6. The third kappa shape index (κ3) is 3.84. The van der Waals surface area contributed by atoms with E-state index in [1.54, 1.807) is 7.11 Å². The summed E-state index contributed by atoms with van der Waals surface area (Å²) in [7, 11) is 1.70. The summed E-state index contributed by atoms with van der Waals surface area (Å²) in [5, 5.41) is -0.0963. The molecule has 24 heavy (non-hydrogen) atoms. The minimum Gasteiger partial charge on any atom is -0.495 e. The van der Waals surface area contributed by atoms with Crippen LogP contribution in [0.1, 0.15) is 6.42 Å². The number of imide groups is 1. The van der Waals surface area contributed by atoms with Gasteiger partial charge in [0.15, 0.2) is 0 Å². The Morgan fingerprint density at radius 1 is 1.08 bits per heavy atom. The van der Waals surface area contributed by atoms with Gasteiger partial charge in [-0.3, -0.25) is 19.4 Å². The van der Waals surface area contributed by atoms with Gasteiger partial charge in [-0.05, 0) is 25.1 Å². The van der Waals surface area contributed by atoms with Gasteiger partial charge >= 0.3 is 0 Å². The second-order valence-corrected chi connectivity index (χ2v) is 6.88. The van der Waals surface area contributed by atoms with Gasteiger partial charge in [0.05, 0.1) is 18.6 Å². The number of nitrogens with zero attached hydrogens (tertiary/aromatic N) is 3. The van der Waals surface area contributed by atoms with E-state index in [4.69, 9.17) is 4.74 Å². The van der Waals surface area contributed by atoms with Crippen molar-refractivity contribution in [2.75, 3.05) is 57.0 Å². The second-order valence-electron chi connectivity index (χ2n) is 5.95. The van der Waals surface area contributed by atoms with Gasteiger partial charge in [-0.1, -0.05) is 23.9 Å². The van der Waals surface area contributed by atoms with Crippen molar-refractivity contribution in [1.82, 2.24) is 9.80 Å². The Kier molecular flexibility index (Phi) is 5.63. The van der Waals surface area contributed by atoms with Gasteiger partial charge < -0.3 is 9.64 Å². The van der Waals surface area contributed by atoms with Crippen LogP contribution in [-0.4, -0.2) is 73.1 Å². The standard InChI is InChI=1S/C17H23N3O3S/c1-23-15-6-3-2-5-14(15)19-11-9-18(10-12-19)7-4-8-20-16(21)13-24-17(20)22/h2-3,5-6H,4,7-13H2,1H3. The zero-order valence-electron chi connectivity index (χ0n) is 13.9. The molecule has 2 heterocycles. The normalized spacial score (nSPS) is 19.2. The van der Waals surface area contributed by atoms with Crippen LogP contribution >= 0.6 is 11.8 Å². The van der Waals surface area contributed by atoms with Crippen LogP contribution in [0.5, 0.6) is 5.75 Å². The van der Waals surface area contributed by atoms with Crippen molar-refractivity contribution < 1.29 is 14.3 Å². The summed E-state index contributed by atoms with van der Waals surface area (Å²) in [4.78, 5) is 29.3. The Bertz CT molecular complexity index is 586. The lowest BCUT2D eigenvalue weighted by molar-refractivity contribution is -0.124. The van der Waals surface area contributed by atoms with E-state index >= 15 is 0 Å². The van der Waals surface area contributed by atoms with Crippen molar-refractivity contribution in [3.8, 4) is 5.75 Å². The van der Waals surface area contributed by atoms with Crippen molar-refractivity contribution in [3.63, 3.8) is 0 Å². The Morgan fingerprint density at radius 3 is 2.50 bits per heavy atom. The van der Waals surface area contributed by atoms with Crippen LogP contribution in [0.15, 0.2) is 24.3 Å². The van der Waals surface area contributed by atoms with Crippen LogP contribution in [0.3, 0.4) is 0 Å². The number of methoxy groups -OCH3 is 1. The lowest BCUT2D eigenvalue weighted by Gasteiger charge is -2.36. The van der Waals surface area contributed by atoms with Crippen molar-refractivity contribution in [2.24, 2.45) is 0 Å². The fourth-order valence-electron chi connectivity index (χ4n) is 3.15. The number of amides is 2. The van der Waals surface area contributed by atoms with Gasteiger partial charge in [-0.15, -0.1) is 0 Å². The second kappa shape index (κ2) is 7.90. The highest BCUT2D eigenvalue weighted by Crippen LogP contribution is 2.28. The average Bonchev–Trinajstić information content (AvgIpc) is 2.94. The highest BCUT2D eigenvalue weighted by atomic mass is 32.2. The number of para-hydroxylation sites is 2. The zero-order chi connectivity index (χ0) is 16.9. The molecule has 7 heteroatoms. The third-order valence-electron chi connectivity index (χ3n) is 4.49. The van der Waals surface area contributed by atoms with Crippen molar-refractivity contribution in [2.45, 2.75) is 6.42 Å². The quantitative estimate of drug-likeness (QED) is 0.782. The Labute approximate surface area is 146 Å². The van der Waals surface area contributed by atoms with Crippen LogP contribution in [0.4, 0.5) is 10.5 Å². The number of piperazine rings is 1. The number of hydrogen-bond donors (Lipinski definition) is 0. The number of carbonyl (C=O) groups is 2. The van der Waals surface area contributed by atoms with Crippen LogP contribution in [-0.2, 0) is 4.79 Å². The van der Waals surface area contributed by atoms with Crippen molar-refractivity contribution in [3.05, 3.63) is 24.3 Å². The SMILES string of the molecule is COc1ccccc1N1CCN(CCCN2C(=O)CSC2=O)CC1. The van der Waals surface area contributed by atoms with Gasteiger partial charge in [-0.25, -0.2) is 0 Å². The predicted molar refractivity (Wildman–Crippen MR) is 95.8 cm³/mol. The van der Waals surface area contributed by atoms with E-state index in [0.29, 0.717) is 12.3 Å². The molecule has 130 valence electrons. The maximum absolute atomic E-state index is 11.6. The summed E-state index contributed by atoms with van der Waals surface area (Å²) in [5.74, 6) is 1.16. The molecule has 0 N–H and O–H groups in total. The molecule has 2 aliphatic rings. The maximum Gasteiger partial charge on any atom is 0.288 e. The van der Waals surface area contributed by atoms with E-state index in [9.17, 15) is 9.59 Å². The molecule has 2 saturated heterocycles. The topological polar surface area (TPSA) is 53.1 Å². The maximum atomic E-state index is 11.6. The highest BCUT2D eigenvalue weighted by Gasteiger charge is 2.29. The third-order valence-corrected chi connectivity index (χ3v) is 5.35. The first kappa shape index (κ1) is 17.1. The Morgan fingerprint density at radius 2 is 1.83 bits per heavy atom. The van der Waals surface area contributed by atoms with Gasteiger partial charge in [0.2, 0.25) is 5.91 Å². The molecule has 2 aliphatic heterocycles. The molecule has 6 nitrogen and oxygen atoms in total. The summed E-state index contributed by atoms with van der Waals surface area (Å²) in [6, 6.07) is 8.10. The first-order chi connectivity index (χ1) is 11.7. The van der Waals surface area contributed by atoms with Gasteiger partial charge in [-0.2, -0.15) is 0 Å². The molecule has 0 bridgehead atoms. The summed E-state index contributed by atoms with van der Waals surface area (Å²) in [5.41, 5.74) is 1.14. The number of benzene rings is 1. The molecule has 0 aromatic heterocycles. The number of rotatable bonds is 6. The van der Waals surface area contributed by atoms with Crippen LogP contribution < -0.4 is 9.64 Å². The predicted octanol–water partition coefficient (Wildman–Crippen LogP) is 1.90. The molecular formula is C17H23N3O3S. The summed E-state index contributed by atoms with van der Waals surface area (Å²) < 4.78 is 5.44. The molecule has 3 rings (SSSR count). The summed E-state index contributed by atoms with van der Waals surface area (Å²) in [6.07, 6.45) is 0.840.